The fraction of sp³-hybridized carbons (Fsp3) is 0.364. The average molecular weight is 584 g/mol. The lowest BCUT2D eigenvalue weighted by Gasteiger charge is -2.25. The van der Waals surface area contributed by atoms with Crippen molar-refractivity contribution in [1.82, 2.24) is 15.1 Å². The van der Waals surface area contributed by atoms with E-state index in [0.29, 0.717) is 40.6 Å². The van der Waals surface area contributed by atoms with E-state index in [9.17, 15) is 13.2 Å². The number of hydrogen-bond acceptors (Lipinski definition) is 4. The third kappa shape index (κ3) is 4.58. The highest BCUT2D eigenvalue weighted by molar-refractivity contribution is 9.10. The van der Waals surface area contributed by atoms with Gasteiger partial charge in [-0.2, -0.15) is 5.10 Å². The summed E-state index contributed by atoms with van der Waals surface area (Å²) in [5.41, 5.74) is 3.38. The summed E-state index contributed by atoms with van der Waals surface area (Å²) in [6.07, 6.45) is 3.93. The maximum absolute atomic E-state index is 12.9. The predicted molar refractivity (Wildman–Crippen MR) is 135 cm³/mol. The SMILES string of the molecule is CNC(=O)c1c2cc(C3CC3)c(N(CCCBr)S(C)(=O)=O)cc2nn1-c1ccc(Br)cc1. The van der Waals surface area contributed by atoms with Gasteiger partial charge in [0, 0.05) is 28.8 Å². The van der Waals surface area contributed by atoms with Crippen LogP contribution in [0.2, 0.25) is 0 Å². The number of carbonyl (C=O) groups is 1. The van der Waals surface area contributed by atoms with Crippen molar-refractivity contribution in [2.75, 3.05) is 29.5 Å². The van der Waals surface area contributed by atoms with Crippen molar-refractivity contribution in [1.29, 1.82) is 0 Å². The number of amides is 1. The molecule has 4 rings (SSSR count). The maximum atomic E-state index is 12.9. The topological polar surface area (TPSA) is 84.3 Å². The van der Waals surface area contributed by atoms with Crippen molar-refractivity contribution in [2.45, 2.75) is 25.2 Å². The minimum absolute atomic E-state index is 0.246. The van der Waals surface area contributed by atoms with Crippen LogP contribution in [0.25, 0.3) is 16.6 Å². The zero-order valence-electron chi connectivity index (χ0n) is 17.8. The average Bonchev–Trinajstić information content (AvgIpc) is 3.53. The summed E-state index contributed by atoms with van der Waals surface area (Å²) in [4.78, 5) is 12.9. The van der Waals surface area contributed by atoms with Gasteiger partial charge in [0.05, 0.1) is 23.1 Å². The first kappa shape index (κ1) is 23.3. The Bertz CT molecular complexity index is 1270. The number of fused-ring (bicyclic) bond motifs is 1. The monoisotopic (exact) mass is 582 g/mol. The van der Waals surface area contributed by atoms with Crippen molar-refractivity contribution < 1.29 is 13.2 Å². The van der Waals surface area contributed by atoms with Crippen LogP contribution in [0, 0.1) is 0 Å². The highest BCUT2D eigenvalue weighted by Crippen LogP contribution is 2.46. The second kappa shape index (κ2) is 9.15. The molecule has 1 aliphatic rings. The number of anilines is 1. The molecule has 10 heteroatoms. The molecule has 0 aliphatic heterocycles. The lowest BCUT2D eigenvalue weighted by molar-refractivity contribution is 0.0957. The Kier molecular flexibility index (Phi) is 6.65. The molecular weight excluding hydrogens is 560 g/mol. The van der Waals surface area contributed by atoms with E-state index in [1.807, 2.05) is 36.4 Å². The highest BCUT2D eigenvalue weighted by Gasteiger charge is 2.32. The van der Waals surface area contributed by atoms with Gasteiger partial charge in [-0.05, 0) is 67.1 Å². The summed E-state index contributed by atoms with van der Waals surface area (Å²) in [6, 6.07) is 11.3. The number of aromatic nitrogens is 2. The molecule has 32 heavy (non-hydrogen) atoms. The Balaban J connectivity index is 1.97. The summed E-state index contributed by atoms with van der Waals surface area (Å²) in [7, 11) is -1.88. The van der Waals surface area contributed by atoms with Gasteiger partial charge in [0.1, 0.15) is 5.69 Å². The van der Waals surface area contributed by atoms with Crippen LogP contribution < -0.4 is 9.62 Å². The highest BCUT2D eigenvalue weighted by atomic mass is 79.9. The molecule has 0 bridgehead atoms. The first-order valence-corrected chi connectivity index (χ1v) is 14.1. The van der Waals surface area contributed by atoms with Crippen LogP contribution in [0.5, 0.6) is 0 Å². The van der Waals surface area contributed by atoms with Crippen LogP contribution >= 0.6 is 31.9 Å². The van der Waals surface area contributed by atoms with Crippen molar-refractivity contribution in [3.05, 3.63) is 52.1 Å². The van der Waals surface area contributed by atoms with E-state index in [1.54, 1.807) is 11.7 Å². The zero-order chi connectivity index (χ0) is 23.0. The Morgan fingerprint density at radius 1 is 1.25 bits per heavy atom. The predicted octanol–water partition coefficient (Wildman–Crippen LogP) is 4.58. The van der Waals surface area contributed by atoms with Crippen LogP contribution in [0.15, 0.2) is 40.9 Å². The van der Waals surface area contributed by atoms with E-state index in [-0.39, 0.29) is 11.8 Å². The van der Waals surface area contributed by atoms with E-state index >= 15 is 0 Å². The fourth-order valence-electron chi connectivity index (χ4n) is 3.85. The van der Waals surface area contributed by atoms with E-state index in [2.05, 4.69) is 37.2 Å². The zero-order valence-corrected chi connectivity index (χ0v) is 21.8. The molecule has 7 nitrogen and oxygen atoms in total. The number of alkyl halides is 1. The van der Waals surface area contributed by atoms with Gasteiger partial charge in [0.2, 0.25) is 10.0 Å². The molecule has 1 N–H and O–H groups in total. The van der Waals surface area contributed by atoms with Crippen LogP contribution in [0.3, 0.4) is 0 Å². The van der Waals surface area contributed by atoms with Crippen molar-refractivity contribution in [2.24, 2.45) is 0 Å². The minimum atomic E-state index is -3.47. The number of halogens is 2. The number of hydrogen-bond donors (Lipinski definition) is 1. The van der Waals surface area contributed by atoms with Gasteiger partial charge < -0.3 is 5.32 Å². The second-order valence-corrected chi connectivity index (χ2v) is 11.5. The lowest BCUT2D eigenvalue weighted by atomic mass is 10.0. The van der Waals surface area contributed by atoms with Crippen molar-refractivity contribution in [3.63, 3.8) is 0 Å². The van der Waals surface area contributed by atoms with Crippen LogP contribution in [-0.2, 0) is 10.0 Å². The number of rotatable bonds is 8. The molecule has 0 saturated heterocycles. The standard InChI is InChI=1S/C22H24Br2N4O3S/c1-25-22(29)21-18-12-17(14-4-5-14)20(27(11-3-10-23)32(2,30)31)13-19(18)26-28(21)16-8-6-15(24)7-9-16/h6-9,12-14H,3-5,10-11H2,1-2H3,(H,25,29). The molecule has 0 radical (unpaired) electrons. The number of sulfonamides is 1. The minimum Gasteiger partial charge on any atom is -0.354 e. The number of carbonyl (C=O) groups excluding carboxylic acids is 1. The lowest BCUT2D eigenvalue weighted by Crippen LogP contribution is -2.32. The van der Waals surface area contributed by atoms with Gasteiger partial charge in [-0.1, -0.05) is 31.9 Å². The van der Waals surface area contributed by atoms with Gasteiger partial charge in [-0.15, -0.1) is 0 Å². The number of benzene rings is 2. The smallest absolute Gasteiger partial charge is 0.270 e. The third-order valence-corrected chi connectivity index (χ3v) is 7.78. The molecule has 170 valence electrons. The Labute approximate surface area is 204 Å². The third-order valence-electron chi connectivity index (χ3n) is 5.51. The summed E-state index contributed by atoms with van der Waals surface area (Å²) in [5.74, 6) is 0.0420. The number of nitrogens with zero attached hydrogens (tertiary/aromatic N) is 3. The van der Waals surface area contributed by atoms with Crippen molar-refractivity contribution in [3.8, 4) is 5.69 Å². The summed E-state index contributed by atoms with van der Waals surface area (Å²) in [5, 5.41) is 8.85. The van der Waals surface area contributed by atoms with Gasteiger partial charge in [0.15, 0.2) is 0 Å². The normalized spacial score (nSPS) is 14.0. The molecule has 1 heterocycles. The molecular formula is C22H24Br2N4O3S. The molecule has 3 aromatic rings. The van der Waals surface area contributed by atoms with E-state index in [0.717, 1.165) is 28.6 Å². The van der Waals surface area contributed by atoms with Crippen LogP contribution in [0.1, 0.15) is 41.2 Å². The van der Waals surface area contributed by atoms with Gasteiger partial charge in [-0.25, -0.2) is 13.1 Å². The molecule has 0 spiro atoms. The number of nitrogens with one attached hydrogen (secondary N) is 1. The van der Waals surface area contributed by atoms with Crippen LogP contribution in [-0.4, -0.2) is 49.3 Å². The molecule has 0 atom stereocenters. The van der Waals surface area contributed by atoms with Gasteiger partial charge >= 0.3 is 0 Å². The first-order chi connectivity index (χ1) is 15.2. The molecule has 1 saturated carbocycles. The van der Waals surface area contributed by atoms with Crippen molar-refractivity contribution >= 4 is 64.4 Å². The van der Waals surface area contributed by atoms with Crippen LogP contribution in [0.4, 0.5) is 5.69 Å². The summed E-state index contributed by atoms with van der Waals surface area (Å²) >= 11 is 6.84. The molecule has 1 aromatic heterocycles. The molecule has 1 fully saturated rings. The molecule has 1 aliphatic carbocycles. The fourth-order valence-corrected chi connectivity index (χ4v) is 5.34. The summed E-state index contributed by atoms with van der Waals surface area (Å²) in [6.45, 7) is 0.380. The molecule has 2 aromatic carbocycles. The quantitative estimate of drug-likeness (QED) is 0.394. The first-order valence-electron chi connectivity index (χ1n) is 10.3. The second-order valence-electron chi connectivity index (χ2n) is 7.90. The Morgan fingerprint density at radius 2 is 1.94 bits per heavy atom. The Morgan fingerprint density at radius 3 is 2.50 bits per heavy atom. The molecule has 0 unspecified atom stereocenters. The van der Waals surface area contributed by atoms with Gasteiger partial charge in [-0.3, -0.25) is 9.10 Å². The Hall–Kier alpha value is -1.91. The molecule has 1 amide bonds. The maximum Gasteiger partial charge on any atom is 0.270 e. The van der Waals surface area contributed by atoms with E-state index < -0.39 is 10.0 Å². The van der Waals surface area contributed by atoms with E-state index in [1.165, 1.54) is 10.6 Å². The van der Waals surface area contributed by atoms with Gasteiger partial charge in [0.25, 0.3) is 5.91 Å². The largest absolute Gasteiger partial charge is 0.354 e. The summed E-state index contributed by atoms with van der Waals surface area (Å²) < 4.78 is 29.4. The van der Waals surface area contributed by atoms with E-state index in [4.69, 9.17) is 5.10 Å².